The number of hydrogen-bond acceptors (Lipinski definition) is 3. The minimum absolute atomic E-state index is 0. The maximum atomic E-state index is 11.2. The second-order valence-corrected chi connectivity index (χ2v) is 3.46. The SMILES string of the molecule is COCCNC(N)=NCC(=O)NC1CC1.I. The van der Waals surface area contributed by atoms with Gasteiger partial charge < -0.3 is 21.1 Å². The number of nitrogens with two attached hydrogens (primary N) is 1. The molecule has 16 heavy (non-hydrogen) atoms. The average Bonchev–Trinajstić information content (AvgIpc) is 2.99. The molecule has 0 aromatic carbocycles. The minimum Gasteiger partial charge on any atom is -0.383 e. The van der Waals surface area contributed by atoms with Crippen LogP contribution in [-0.4, -0.2) is 44.7 Å². The molecule has 1 rings (SSSR count). The molecular weight excluding hydrogens is 323 g/mol. The van der Waals surface area contributed by atoms with Crippen LogP contribution in [-0.2, 0) is 9.53 Å². The zero-order valence-electron chi connectivity index (χ0n) is 9.36. The van der Waals surface area contributed by atoms with Gasteiger partial charge in [0.15, 0.2) is 5.96 Å². The van der Waals surface area contributed by atoms with Gasteiger partial charge in [0, 0.05) is 19.7 Å². The molecule has 0 heterocycles. The van der Waals surface area contributed by atoms with Crippen LogP contribution < -0.4 is 16.4 Å². The normalized spacial score (nSPS) is 15.2. The van der Waals surface area contributed by atoms with Crippen molar-refractivity contribution in [3.05, 3.63) is 0 Å². The number of carbonyl (C=O) groups is 1. The Morgan fingerprint density at radius 1 is 1.56 bits per heavy atom. The highest BCUT2D eigenvalue weighted by molar-refractivity contribution is 14.0. The average molecular weight is 342 g/mol. The summed E-state index contributed by atoms with van der Waals surface area (Å²) < 4.78 is 4.83. The third-order valence-electron chi connectivity index (χ3n) is 1.95. The molecule has 1 saturated carbocycles. The number of hydrogen-bond donors (Lipinski definition) is 3. The molecule has 0 radical (unpaired) electrons. The number of rotatable bonds is 6. The number of halogens is 1. The van der Waals surface area contributed by atoms with Gasteiger partial charge in [0.2, 0.25) is 5.91 Å². The Kier molecular flexibility index (Phi) is 8.26. The Labute approximate surface area is 112 Å². The molecule has 1 aliphatic carbocycles. The summed E-state index contributed by atoms with van der Waals surface area (Å²) in [5.74, 6) is 0.201. The van der Waals surface area contributed by atoms with E-state index in [1.165, 1.54) is 0 Å². The van der Waals surface area contributed by atoms with E-state index in [-0.39, 0.29) is 42.4 Å². The fraction of sp³-hybridized carbons (Fsp3) is 0.778. The predicted octanol–water partition coefficient (Wildman–Crippen LogP) is -0.566. The van der Waals surface area contributed by atoms with E-state index in [2.05, 4.69) is 15.6 Å². The van der Waals surface area contributed by atoms with E-state index < -0.39 is 0 Å². The van der Waals surface area contributed by atoms with E-state index in [9.17, 15) is 4.79 Å². The van der Waals surface area contributed by atoms with Gasteiger partial charge in [-0.2, -0.15) is 0 Å². The molecule has 94 valence electrons. The lowest BCUT2D eigenvalue weighted by atomic mass is 10.5. The van der Waals surface area contributed by atoms with E-state index in [1.54, 1.807) is 7.11 Å². The van der Waals surface area contributed by atoms with Crippen LogP contribution in [0.2, 0.25) is 0 Å². The zero-order valence-corrected chi connectivity index (χ0v) is 11.7. The van der Waals surface area contributed by atoms with Crippen LogP contribution in [0.3, 0.4) is 0 Å². The summed E-state index contributed by atoms with van der Waals surface area (Å²) in [6, 6.07) is 0.371. The van der Waals surface area contributed by atoms with Gasteiger partial charge in [0.05, 0.1) is 6.61 Å². The maximum absolute atomic E-state index is 11.2. The second kappa shape index (κ2) is 8.57. The lowest BCUT2D eigenvalue weighted by molar-refractivity contribution is -0.119. The molecule has 0 aliphatic heterocycles. The van der Waals surface area contributed by atoms with Crippen molar-refractivity contribution in [1.82, 2.24) is 10.6 Å². The fourth-order valence-electron chi connectivity index (χ4n) is 0.995. The molecule has 0 unspecified atom stereocenters. The molecule has 0 saturated heterocycles. The van der Waals surface area contributed by atoms with Crippen LogP contribution in [0.1, 0.15) is 12.8 Å². The van der Waals surface area contributed by atoms with Gasteiger partial charge in [0.1, 0.15) is 6.54 Å². The van der Waals surface area contributed by atoms with E-state index in [0.717, 1.165) is 12.8 Å². The molecule has 0 aromatic rings. The Hall–Kier alpha value is -0.570. The summed E-state index contributed by atoms with van der Waals surface area (Å²) in [4.78, 5) is 15.1. The molecule has 0 aromatic heterocycles. The van der Waals surface area contributed by atoms with Crippen LogP contribution in [0.5, 0.6) is 0 Å². The molecule has 1 amide bonds. The van der Waals surface area contributed by atoms with Gasteiger partial charge >= 0.3 is 0 Å². The van der Waals surface area contributed by atoms with Crippen molar-refractivity contribution >= 4 is 35.8 Å². The predicted molar refractivity (Wildman–Crippen MR) is 72.9 cm³/mol. The number of carbonyl (C=O) groups excluding carboxylic acids is 1. The molecule has 1 aliphatic rings. The standard InChI is InChI=1S/C9H18N4O2.HI/c1-15-5-4-11-9(10)12-6-8(14)13-7-2-3-7;/h7H,2-6H2,1H3,(H,13,14)(H3,10,11,12);1H. The molecule has 0 bridgehead atoms. The highest BCUT2D eigenvalue weighted by Crippen LogP contribution is 2.18. The highest BCUT2D eigenvalue weighted by atomic mass is 127. The van der Waals surface area contributed by atoms with Crippen LogP contribution in [0.4, 0.5) is 0 Å². The first-order chi connectivity index (χ1) is 7.22. The number of methoxy groups -OCH3 is 1. The van der Waals surface area contributed by atoms with Gasteiger partial charge in [-0.25, -0.2) is 4.99 Å². The topological polar surface area (TPSA) is 88.7 Å². The van der Waals surface area contributed by atoms with Crippen molar-refractivity contribution in [2.24, 2.45) is 10.7 Å². The number of amides is 1. The zero-order chi connectivity index (χ0) is 11.1. The van der Waals surface area contributed by atoms with Crippen LogP contribution >= 0.6 is 24.0 Å². The molecule has 7 heteroatoms. The number of aliphatic imine (C=N–C) groups is 1. The van der Waals surface area contributed by atoms with Gasteiger partial charge in [-0.1, -0.05) is 0 Å². The number of nitrogens with one attached hydrogen (secondary N) is 2. The molecular formula is C9H19IN4O2. The molecule has 0 atom stereocenters. The van der Waals surface area contributed by atoms with Crippen LogP contribution in [0, 0.1) is 0 Å². The summed E-state index contributed by atoms with van der Waals surface area (Å²) >= 11 is 0. The number of guanidine groups is 1. The third-order valence-corrected chi connectivity index (χ3v) is 1.95. The van der Waals surface area contributed by atoms with E-state index in [4.69, 9.17) is 10.5 Å². The minimum atomic E-state index is -0.0750. The Balaban J connectivity index is 0.00000225. The van der Waals surface area contributed by atoms with Crippen LogP contribution in [0.25, 0.3) is 0 Å². The van der Waals surface area contributed by atoms with E-state index in [1.807, 2.05) is 0 Å². The summed E-state index contributed by atoms with van der Waals surface area (Å²) in [5.41, 5.74) is 5.51. The molecule has 6 nitrogen and oxygen atoms in total. The molecule has 4 N–H and O–H groups in total. The number of nitrogens with zero attached hydrogens (tertiary/aromatic N) is 1. The smallest absolute Gasteiger partial charge is 0.242 e. The van der Waals surface area contributed by atoms with Gasteiger partial charge in [-0.3, -0.25) is 4.79 Å². The Morgan fingerprint density at radius 3 is 2.81 bits per heavy atom. The van der Waals surface area contributed by atoms with E-state index in [0.29, 0.717) is 19.2 Å². The second-order valence-electron chi connectivity index (χ2n) is 3.46. The highest BCUT2D eigenvalue weighted by Gasteiger charge is 2.22. The summed E-state index contributed by atoms with van der Waals surface area (Å²) in [5, 5.41) is 5.65. The lowest BCUT2D eigenvalue weighted by Gasteiger charge is -2.04. The monoisotopic (exact) mass is 342 g/mol. The molecule has 0 spiro atoms. The quantitative estimate of drug-likeness (QED) is 0.261. The Bertz CT molecular complexity index is 244. The first-order valence-electron chi connectivity index (χ1n) is 5.04. The van der Waals surface area contributed by atoms with Crippen molar-refractivity contribution in [3.8, 4) is 0 Å². The van der Waals surface area contributed by atoms with Crippen molar-refractivity contribution in [2.75, 3.05) is 26.8 Å². The largest absolute Gasteiger partial charge is 0.383 e. The Morgan fingerprint density at radius 2 is 2.25 bits per heavy atom. The van der Waals surface area contributed by atoms with Crippen molar-refractivity contribution in [1.29, 1.82) is 0 Å². The van der Waals surface area contributed by atoms with Gasteiger partial charge in [-0.15, -0.1) is 24.0 Å². The summed E-state index contributed by atoms with van der Waals surface area (Å²) in [7, 11) is 1.61. The van der Waals surface area contributed by atoms with Crippen LogP contribution in [0.15, 0.2) is 4.99 Å². The maximum Gasteiger partial charge on any atom is 0.242 e. The first kappa shape index (κ1) is 15.4. The number of ether oxygens (including phenoxy) is 1. The van der Waals surface area contributed by atoms with Gasteiger partial charge in [0.25, 0.3) is 0 Å². The molecule has 1 fully saturated rings. The summed E-state index contributed by atoms with van der Waals surface area (Å²) in [6.45, 7) is 1.24. The lowest BCUT2D eigenvalue weighted by Crippen LogP contribution is -2.36. The fourth-order valence-corrected chi connectivity index (χ4v) is 0.995. The van der Waals surface area contributed by atoms with Crippen molar-refractivity contribution < 1.29 is 9.53 Å². The van der Waals surface area contributed by atoms with Gasteiger partial charge in [-0.05, 0) is 12.8 Å². The van der Waals surface area contributed by atoms with Crippen molar-refractivity contribution in [3.63, 3.8) is 0 Å². The van der Waals surface area contributed by atoms with E-state index >= 15 is 0 Å². The van der Waals surface area contributed by atoms with Crippen molar-refractivity contribution in [2.45, 2.75) is 18.9 Å². The summed E-state index contributed by atoms with van der Waals surface area (Å²) in [6.07, 6.45) is 2.16. The third kappa shape index (κ3) is 7.69. The first-order valence-corrected chi connectivity index (χ1v) is 5.04.